The lowest BCUT2D eigenvalue weighted by Crippen LogP contribution is -2.46. The van der Waals surface area contributed by atoms with Gasteiger partial charge < -0.3 is 24.1 Å². The van der Waals surface area contributed by atoms with Crippen LogP contribution in [-0.2, 0) is 31.7 Å². The number of para-hydroxylation sites is 1. The molecule has 4 aromatic rings. The van der Waals surface area contributed by atoms with Crippen molar-refractivity contribution in [1.29, 1.82) is 0 Å². The highest BCUT2D eigenvalue weighted by Gasteiger charge is 2.38. The largest absolute Gasteiger partial charge is 0.460 e. The van der Waals surface area contributed by atoms with Crippen LogP contribution < -0.4 is 5.32 Å². The Bertz CT molecular complexity index is 1860. The number of nitrogens with one attached hydrogen (secondary N) is 1. The number of alkyl halides is 3. The summed E-state index contributed by atoms with van der Waals surface area (Å²) in [5, 5.41) is 2.98. The molecule has 1 aliphatic heterocycles. The zero-order valence-electron chi connectivity index (χ0n) is 30.6. The number of carbonyl (C=O) groups is 2. The van der Waals surface area contributed by atoms with Crippen LogP contribution >= 0.6 is 0 Å². The number of esters is 1. The van der Waals surface area contributed by atoms with E-state index in [1.807, 2.05) is 24.5 Å². The van der Waals surface area contributed by atoms with Crippen LogP contribution in [-0.4, -0.2) is 40.0 Å². The lowest BCUT2D eigenvalue weighted by Gasteiger charge is -2.41. The molecule has 0 saturated carbocycles. The van der Waals surface area contributed by atoms with Crippen LogP contribution in [0.1, 0.15) is 95.3 Å². The molecule has 0 bridgehead atoms. The number of aromatic nitrogens is 1. The van der Waals surface area contributed by atoms with Crippen LogP contribution in [0.2, 0.25) is 0 Å². The molecule has 0 radical (unpaired) electrons. The molecule has 5 rings (SSSR count). The first-order valence-electron chi connectivity index (χ1n) is 17.4. The number of rotatable bonds is 10. The zero-order chi connectivity index (χ0) is 38.0. The molecule has 0 spiro atoms. The van der Waals surface area contributed by atoms with Crippen molar-refractivity contribution < 1.29 is 41.4 Å². The van der Waals surface area contributed by atoms with E-state index in [9.17, 15) is 27.2 Å². The number of nitrogens with zero attached hydrogens (tertiary/aromatic N) is 1. The second kappa shape index (κ2) is 15.2. The van der Waals surface area contributed by atoms with Gasteiger partial charge in [-0.2, -0.15) is 13.2 Å². The summed E-state index contributed by atoms with van der Waals surface area (Å²) in [6.45, 7) is 13.2. The fraction of sp³-hybridized carbons (Fsp3) is 0.415. The van der Waals surface area contributed by atoms with Crippen molar-refractivity contribution >= 4 is 17.6 Å². The average molecular weight is 723 g/mol. The molecule has 52 heavy (non-hydrogen) atoms. The molecule has 2 unspecified atom stereocenters. The van der Waals surface area contributed by atoms with Gasteiger partial charge in [0.05, 0.1) is 35.4 Å². The summed E-state index contributed by atoms with van der Waals surface area (Å²) in [6, 6.07) is 19.5. The molecule has 1 aliphatic rings. The van der Waals surface area contributed by atoms with E-state index >= 15 is 0 Å². The number of amides is 1. The van der Waals surface area contributed by atoms with E-state index in [0.29, 0.717) is 58.7 Å². The number of anilines is 1. The number of benzene rings is 3. The van der Waals surface area contributed by atoms with Gasteiger partial charge in [-0.25, -0.2) is 4.39 Å². The second-order valence-electron chi connectivity index (χ2n) is 14.9. The molecule has 11 heteroatoms. The van der Waals surface area contributed by atoms with E-state index in [0.717, 1.165) is 12.1 Å². The Morgan fingerprint density at radius 3 is 2.08 bits per heavy atom. The number of halogens is 4. The fourth-order valence-electron chi connectivity index (χ4n) is 6.79. The van der Waals surface area contributed by atoms with Gasteiger partial charge in [0.2, 0.25) is 0 Å². The van der Waals surface area contributed by atoms with Crippen LogP contribution in [0.15, 0.2) is 78.9 Å². The molecular formula is C41H46F4N2O5. The Labute approximate surface area is 302 Å². The van der Waals surface area contributed by atoms with E-state index in [4.69, 9.17) is 14.2 Å². The lowest BCUT2D eigenvalue weighted by molar-refractivity contribution is -0.301. The molecular weight excluding hydrogens is 676 g/mol. The monoisotopic (exact) mass is 722 g/mol. The standard InChI is InChI=1S/C41H46F4N2O5/c1-25(2)36-35(38(49)46-30-11-9-8-10-12-30)34(26-13-17-28(18-14-26)41(43,44)45)37(27-15-19-29(42)20-16-27)47(36)22-21-31-23-32(51-40(6,7)50-31)24-33(48)52-39(3,4)5/h8-20,25,31-32H,21-24H2,1-7H3,(H,46,49). The average Bonchev–Trinajstić information content (AvgIpc) is 3.38. The minimum absolute atomic E-state index is 0.0457. The van der Waals surface area contributed by atoms with Gasteiger partial charge in [0.25, 0.3) is 5.91 Å². The Kier molecular flexibility index (Phi) is 11.4. The molecule has 3 aromatic carbocycles. The number of ether oxygens (including phenoxy) is 3. The van der Waals surface area contributed by atoms with Crippen molar-refractivity contribution in [2.45, 2.75) is 110 Å². The van der Waals surface area contributed by atoms with Gasteiger partial charge in [0.1, 0.15) is 11.4 Å². The molecule has 2 heterocycles. The van der Waals surface area contributed by atoms with Crippen LogP contribution in [0, 0.1) is 5.82 Å². The molecule has 1 aromatic heterocycles. The van der Waals surface area contributed by atoms with E-state index in [2.05, 4.69) is 5.32 Å². The summed E-state index contributed by atoms with van der Waals surface area (Å²) in [7, 11) is 0. The van der Waals surface area contributed by atoms with Crippen LogP contribution in [0.4, 0.5) is 23.2 Å². The molecule has 1 N–H and O–H groups in total. The maximum Gasteiger partial charge on any atom is 0.416 e. The summed E-state index contributed by atoms with van der Waals surface area (Å²) >= 11 is 0. The van der Waals surface area contributed by atoms with Crippen LogP contribution in [0.3, 0.4) is 0 Å². The van der Waals surface area contributed by atoms with Gasteiger partial charge in [-0.15, -0.1) is 0 Å². The van der Waals surface area contributed by atoms with Crippen molar-refractivity contribution in [2.75, 3.05) is 5.32 Å². The van der Waals surface area contributed by atoms with Gasteiger partial charge in [-0.05, 0) is 107 Å². The summed E-state index contributed by atoms with van der Waals surface area (Å²) in [5.74, 6) is -2.51. The fourth-order valence-corrected chi connectivity index (χ4v) is 6.79. The summed E-state index contributed by atoms with van der Waals surface area (Å²) in [6.07, 6.45) is -4.50. The smallest absolute Gasteiger partial charge is 0.416 e. The van der Waals surface area contributed by atoms with E-state index in [-0.39, 0.29) is 24.4 Å². The zero-order valence-corrected chi connectivity index (χ0v) is 30.6. The number of hydrogen-bond acceptors (Lipinski definition) is 5. The van der Waals surface area contributed by atoms with Crippen molar-refractivity contribution in [2.24, 2.45) is 0 Å². The number of carbonyl (C=O) groups excluding carboxylic acids is 2. The van der Waals surface area contributed by atoms with E-state index in [1.54, 1.807) is 71.0 Å². The molecule has 1 saturated heterocycles. The van der Waals surface area contributed by atoms with Crippen molar-refractivity contribution in [1.82, 2.24) is 4.57 Å². The Balaban J connectivity index is 1.64. The SMILES string of the molecule is CC(C)c1c(C(=O)Nc2ccccc2)c(-c2ccc(C(F)(F)F)cc2)c(-c2ccc(F)cc2)n1CCC1CC(CC(=O)OC(C)(C)C)OC(C)(C)O1. The van der Waals surface area contributed by atoms with Crippen molar-refractivity contribution in [3.63, 3.8) is 0 Å². The Morgan fingerprint density at radius 1 is 0.904 bits per heavy atom. The van der Waals surface area contributed by atoms with Gasteiger partial charge in [0, 0.05) is 29.9 Å². The molecule has 1 fully saturated rings. The Hall–Kier alpha value is -4.48. The van der Waals surface area contributed by atoms with Gasteiger partial charge in [0.15, 0.2) is 5.79 Å². The quantitative estimate of drug-likeness (QED) is 0.130. The molecule has 1 amide bonds. The third-order valence-corrected chi connectivity index (χ3v) is 8.64. The molecule has 278 valence electrons. The molecule has 7 nitrogen and oxygen atoms in total. The van der Waals surface area contributed by atoms with Crippen LogP contribution in [0.25, 0.3) is 22.4 Å². The Morgan fingerprint density at radius 2 is 1.50 bits per heavy atom. The topological polar surface area (TPSA) is 78.8 Å². The maximum absolute atomic E-state index is 14.4. The lowest BCUT2D eigenvalue weighted by atomic mass is 9.93. The van der Waals surface area contributed by atoms with Crippen molar-refractivity contribution in [3.8, 4) is 22.4 Å². The highest BCUT2D eigenvalue weighted by Crippen LogP contribution is 2.44. The predicted octanol–water partition coefficient (Wildman–Crippen LogP) is 10.4. The third kappa shape index (κ3) is 9.49. The first kappa shape index (κ1) is 38.7. The van der Waals surface area contributed by atoms with Gasteiger partial charge >= 0.3 is 12.1 Å². The highest BCUT2D eigenvalue weighted by molar-refractivity contribution is 6.12. The normalized spacial score (nSPS) is 17.6. The van der Waals surface area contributed by atoms with Crippen LogP contribution in [0.5, 0.6) is 0 Å². The summed E-state index contributed by atoms with van der Waals surface area (Å²) < 4.78 is 75.3. The number of hydrogen-bond donors (Lipinski definition) is 1. The predicted molar refractivity (Wildman–Crippen MR) is 192 cm³/mol. The molecule has 2 atom stereocenters. The summed E-state index contributed by atoms with van der Waals surface area (Å²) in [4.78, 5) is 27.1. The summed E-state index contributed by atoms with van der Waals surface area (Å²) in [5.41, 5.74) is 1.98. The maximum atomic E-state index is 14.4. The first-order chi connectivity index (χ1) is 24.3. The van der Waals surface area contributed by atoms with E-state index < -0.39 is 41.0 Å². The van der Waals surface area contributed by atoms with Gasteiger partial charge in [-0.1, -0.05) is 44.2 Å². The van der Waals surface area contributed by atoms with E-state index in [1.165, 1.54) is 24.3 Å². The third-order valence-electron chi connectivity index (χ3n) is 8.64. The minimum atomic E-state index is -4.56. The van der Waals surface area contributed by atoms with Crippen molar-refractivity contribution in [3.05, 3.63) is 102 Å². The second-order valence-corrected chi connectivity index (χ2v) is 14.9. The molecule has 0 aliphatic carbocycles. The highest BCUT2D eigenvalue weighted by atomic mass is 19.4. The van der Waals surface area contributed by atoms with Gasteiger partial charge in [-0.3, -0.25) is 9.59 Å². The minimum Gasteiger partial charge on any atom is -0.460 e. The first-order valence-corrected chi connectivity index (χ1v) is 17.4.